The molecule has 0 aliphatic heterocycles. The summed E-state index contributed by atoms with van der Waals surface area (Å²) < 4.78 is 3.57. The van der Waals surface area contributed by atoms with E-state index < -0.39 is 0 Å². The van der Waals surface area contributed by atoms with Crippen LogP contribution in [0.1, 0.15) is 11.4 Å². The molecular formula is C16H15N7. The van der Waals surface area contributed by atoms with Crippen LogP contribution >= 0.6 is 0 Å². The summed E-state index contributed by atoms with van der Waals surface area (Å²) >= 11 is 0. The summed E-state index contributed by atoms with van der Waals surface area (Å²) in [5.41, 5.74) is 3.83. The zero-order valence-corrected chi connectivity index (χ0v) is 12.8. The molecule has 0 spiro atoms. The fourth-order valence-corrected chi connectivity index (χ4v) is 2.52. The van der Waals surface area contributed by atoms with Gasteiger partial charge in [0.05, 0.1) is 23.3 Å². The number of aryl methyl sites for hydroxylation is 1. The number of fused-ring (bicyclic) bond motifs is 1. The second kappa shape index (κ2) is 5.20. The van der Waals surface area contributed by atoms with Gasteiger partial charge in [0.25, 0.3) is 5.78 Å². The van der Waals surface area contributed by atoms with E-state index in [1.807, 2.05) is 54.9 Å². The van der Waals surface area contributed by atoms with Gasteiger partial charge < -0.3 is 5.32 Å². The summed E-state index contributed by atoms with van der Waals surface area (Å²) in [6.45, 7) is 3.95. The maximum absolute atomic E-state index is 4.47. The van der Waals surface area contributed by atoms with Crippen LogP contribution in [0.5, 0.6) is 0 Å². The van der Waals surface area contributed by atoms with E-state index in [-0.39, 0.29) is 0 Å². The minimum atomic E-state index is 0.570. The first-order valence-corrected chi connectivity index (χ1v) is 7.27. The van der Waals surface area contributed by atoms with Crippen molar-refractivity contribution < 1.29 is 0 Å². The molecule has 0 aliphatic rings. The smallest absolute Gasteiger partial charge is 0.254 e. The molecule has 0 aliphatic carbocycles. The third-order valence-corrected chi connectivity index (χ3v) is 3.65. The summed E-state index contributed by atoms with van der Waals surface area (Å²) in [7, 11) is 0. The molecule has 7 heteroatoms. The van der Waals surface area contributed by atoms with Crippen LogP contribution < -0.4 is 5.32 Å². The topological polar surface area (TPSA) is 72.9 Å². The fourth-order valence-electron chi connectivity index (χ4n) is 2.52. The van der Waals surface area contributed by atoms with Gasteiger partial charge in [0.1, 0.15) is 12.1 Å². The Hall–Kier alpha value is -3.22. The van der Waals surface area contributed by atoms with E-state index in [0.717, 1.165) is 28.6 Å². The minimum absolute atomic E-state index is 0.570. The second-order valence-corrected chi connectivity index (χ2v) is 5.27. The van der Waals surface area contributed by atoms with Crippen LogP contribution in [0, 0.1) is 13.8 Å². The summed E-state index contributed by atoms with van der Waals surface area (Å²) in [5.74, 6) is 1.38. The first kappa shape index (κ1) is 13.4. The average molecular weight is 305 g/mol. The number of para-hydroxylation sites is 1. The lowest BCUT2D eigenvalue weighted by Crippen LogP contribution is -2.04. The van der Waals surface area contributed by atoms with Gasteiger partial charge in [0.2, 0.25) is 0 Å². The van der Waals surface area contributed by atoms with Crippen molar-refractivity contribution in [3.8, 4) is 5.69 Å². The third kappa shape index (κ3) is 2.32. The Labute approximate surface area is 132 Å². The number of nitrogens with one attached hydrogen (secondary N) is 1. The molecule has 0 radical (unpaired) electrons. The third-order valence-electron chi connectivity index (χ3n) is 3.65. The standard InChI is InChI=1S/C16H15N7/c1-11-8-15(23-16(20-11)17-10-19-23)21-14-9-18-22(12(14)2)13-6-4-3-5-7-13/h3-10,21H,1-2H3. The van der Waals surface area contributed by atoms with Crippen LogP contribution in [0.2, 0.25) is 0 Å². The molecule has 0 unspecified atom stereocenters. The quantitative estimate of drug-likeness (QED) is 0.630. The highest BCUT2D eigenvalue weighted by atomic mass is 15.4. The Morgan fingerprint density at radius 3 is 2.70 bits per heavy atom. The van der Waals surface area contributed by atoms with Gasteiger partial charge in [-0.2, -0.15) is 19.7 Å². The van der Waals surface area contributed by atoms with Gasteiger partial charge in [-0.1, -0.05) is 18.2 Å². The Bertz CT molecular complexity index is 969. The first-order valence-electron chi connectivity index (χ1n) is 7.27. The molecule has 0 bridgehead atoms. The number of aromatic nitrogens is 6. The molecule has 23 heavy (non-hydrogen) atoms. The highest BCUT2D eigenvalue weighted by molar-refractivity contribution is 5.61. The van der Waals surface area contributed by atoms with Crippen LogP contribution in [0.3, 0.4) is 0 Å². The molecule has 0 fully saturated rings. The van der Waals surface area contributed by atoms with Crippen molar-refractivity contribution in [3.63, 3.8) is 0 Å². The van der Waals surface area contributed by atoms with E-state index in [0.29, 0.717) is 5.78 Å². The number of hydrogen-bond acceptors (Lipinski definition) is 5. The number of benzene rings is 1. The molecule has 1 N–H and O–H groups in total. The Morgan fingerprint density at radius 1 is 1.04 bits per heavy atom. The van der Waals surface area contributed by atoms with Crippen molar-refractivity contribution in [2.75, 3.05) is 5.32 Å². The molecule has 7 nitrogen and oxygen atoms in total. The van der Waals surface area contributed by atoms with E-state index in [9.17, 15) is 0 Å². The molecule has 0 saturated carbocycles. The molecule has 0 amide bonds. The van der Waals surface area contributed by atoms with E-state index in [4.69, 9.17) is 0 Å². The lowest BCUT2D eigenvalue weighted by Gasteiger charge is -2.09. The summed E-state index contributed by atoms with van der Waals surface area (Å²) in [6, 6.07) is 12.0. The van der Waals surface area contributed by atoms with E-state index in [1.165, 1.54) is 6.33 Å². The molecule has 4 aromatic rings. The fraction of sp³-hybridized carbons (Fsp3) is 0.125. The van der Waals surface area contributed by atoms with Gasteiger partial charge in [-0.05, 0) is 26.0 Å². The van der Waals surface area contributed by atoms with E-state index in [2.05, 4.69) is 25.5 Å². The van der Waals surface area contributed by atoms with Gasteiger partial charge in [-0.25, -0.2) is 9.67 Å². The van der Waals surface area contributed by atoms with Gasteiger partial charge in [0.15, 0.2) is 0 Å². The summed E-state index contributed by atoms with van der Waals surface area (Å²) in [4.78, 5) is 8.48. The zero-order valence-electron chi connectivity index (χ0n) is 12.8. The van der Waals surface area contributed by atoms with Crippen LogP contribution in [0.25, 0.3) is 11.5 Å². The maximum atomic E-state index is 4.47. The van der Waals surface area contributed by atoms with Crippen LogP contribution in [-0.2, 0) is 0 Å². The van der Waals surface area contributed by atoms with E-state index >= 15 is 0 Å². The van der Waals surface area contributed by atoms with Crippen LogP contribution in [0.4, 0.5) is 11.5 Å². The Morgan fingerprint density at radius 2 is 1.87 bits per heavy atom. The first-order chi connectivity index (χ1) is 11.2. The van der Waals surface area contributed by atoms with Crippen molar-refractivity contribution in [3.05, 3.63) is 60.3 Å². The van der Waals surface area contributed by atoms with Gasteiger partial charge in [-0.15, -0.1) is 0 Å². The number of nitrogens with zero attached hydrogens (tertiary/aromatic N) is 6. The Kier molecular flexibility index (Phi) is 3.04. The van der Waals surface area contributed by atoms with E-state index in [1.54, 1.807) is 10.7 Å². The van der Waals surface area contributed by atoms with Gasteiger partial charge in [-0.3, -0.25) is 0 Å². The Balaban J connectivity index is 1.75. The van der Waals surface area contributed by atoms with Gasteiger partial charge in [0, 0.05) is 11.8 Å². The average Bonchev–Trinajstić information content (AvgIpc) is 3.16. The second-order valence-electron chi connectivity index (χ2n) is 5.27. The SMILES string of the molecule is Cc1cc(Nc2cnn(-c3ccccc3)c2C)n2ncnc2n1. The van der Waals surface area contributed by atoms with Crippen molar-refractivity contribution in [2.24, 2.45) is 0 Å². The highest BCUT2D eigenvalue weighted by Gasteiger charge is 2.11. The monoisotopic (exact) mass is 305 g/mol. The van der Waals surface area contributed by atoms with Crippen molar-refractivity contribution in [1.29, 1.82) is 0 Å². The van der Waals surface area contributed by atoms with Crippen molar-refractivity contribution in [2.45, 2.75) is 13.8 Å². The molecular weight excluding hydrogens is 290 g/mol. The van der Waals surface area contributed by atoms with Crippen molar-refractivity contribution >= 4 is 17.3 Å². The number of anilines is 2. The highest BCUT2D eigenvalue weighted by Crippen LogP contribution is 2.22. The van der Waals surface area contributed by atoms with Crippen LogP contribution in [0.15, 0.2) is 48.9 Å². The zero-order chi connectivity index (χ0) is 15.8. The number of rotatable bonds is 3. The predicted octanol–water partition coefficient (Wildman–Crippen LogP) is 2.67. The molecule has 114 valence electrons. The maximum Gasteiger partial charge on any atom is 0.254 e. The lowest BCUT2D eigenvalue weighted by molar-refractivity contribution is 0.847. The minimum Gasteiger partial charge on any atom is -0.337 e. The van der Waals surface area contributed by atoms with Gasteiger partial charge >= 0.3 is 0 Å². The molecule has 3 heterocycles. The lowest BCUT2D eigenvalue weighted by atomic mass is 10.3. The molecule has 3 aromatic heterocycles. The molecule has 4 rings (SSSR count). The normalized spacial score (nSPS) is 11.0. The van der Waals surface area contributed by atoms with Crippen molar-refractivity contribution in [1.82, 2.24) is 29.4 Å². The number of hydrogen-bond donors (Lipinski definition) is 1. The predicted molar refractivity (Wildman–Crippen MR) is 87.1 cm³/mol. The summed E-state index contributed by atoms with van der Waals surface area (Å²) in [5, 5.41) is 12.0. The van der Waals surface area contributed by atoms with Crippen LogP contribution in [-0.4, -0.2) is 29.4 Å². The molecule has 0 atom stereocenters. The molecule has 1 aromatic carbocycles. The summed E-state index contributed by atoms with van der Waals surface area (Å²) in [6.07, 6.45) is 3.30. The molecule has 0 saturated heterocycles. The largest absolute Gasteiger partial charge is 0.337 e.